The third kappa shape index (κ3) is 12.0. The molecule has 2 fully saturated rings. The van der Waals surface area contributed by atoms with Crippen LogP contribution in [-0.2, 0) is 39.7 Å². The van der Waals surface area contributed by atoms with Crippen LogP contribution in [-0.4, -0.2) is 132 Å². The molecule has 0 bridgehead atoms. The SMILES string of the molecule is CCC1OC(=O)C(C)C(OC(=O)Cc2ccc(F)cc2)C(C)C(OC2OC(C)CC(N(C)C)C2O)C(C)(OC)CC(C)C(=NN=C(C)c2ccc(OC)cc2)C(C)C(O)C1(C)O. The molecule has 346 valence electrons. The minimum absolute atomic E-state index is 0.131. The first-order valence-corrected chi connectivity index (χ1v) is 21.6. The van der Waals surface area contributed by atoms with Crippen LogP contribution in [0.25, 0.3) is 0 Å². The number of aliphatic hydroxyl groups is 3. The van der Waals surface area contributed by atoms with E-state index in [1.165, 1.54) is 38.3 Å². The zero-order valence-electron chi connectivity index (χ0n) is 38.7. The Kier molecular flexibility index (Phi) is 17.8. The van der Waals surface area contributed by atoms with Gasteiger partial charge in [0.15, 0.2) is 6.29 Å². The van der Waals surface area contributed by atoms with E-state index in [2.05, 4.69) is 5.10 Å². The molecule has 2 aromatic carbocycles. The van der Waals surface area contributed by atoms with Crippen molar-refractivity contribution >= 4 is 23.4 Å². The molecule has 4 rings (SSSR count). The lowest BCUT2D eigenvalue weighted by Crippen LogP contribution is -2.60. The van der Waals surface area contributed by atoms with Crippen molar-refractivity contribution < 1.29 is 57.7 Å². The number of likely N-dealkylation sites (N-methyl/N-ethyl adjacent to an activating group) is 1. The first-order chi connectivity index (χ1) is 29.1. The summed E-state index contributed by atoms with van der Waals surface area (Å²) in [6.45, 7) is 15.7. The lowest BCUT2D eigenvalue weighted by atomic mass is 9.73. The summed E-state index contributed by atoms with van der Waals surface area (Å²) in [6.07, 6.45) is -6.92. The van der Waals surface area contributed by atoms with Crippen molar-refractivity contribution in [2.45, 2.75) is 148 Å². The van der Waals surface area contributed by atoms with E-state index in [9.17, 15) is 29.3 Å². The molecule has 0 aromatic heterocycles. The van der Waals surface area contributed by atoms with Crippen molar-refractivity contribution in [3.8, 4) is 5.75 Å². The molecule has 2 aliphatic rings. The van der Waals surface area contributed by atoms with E-state index in [0.29, 0.717) is 29.2 Å². The van der Waals surface area contributed by atoms with E-state index >= 15 is 0 Å². The van der Waals surface area contributed by atoms with E-state index in [1.807, 2.05) is 71.0 Å². The zero-order chi connectivity index (χ0) is 46.3. The number of cyclic esters (lactones) is 1. The van der Waals surface area contributed by atoms with Gasteiger partial charge in [0, 0.05) is 30.7 Å². The minimum Gasteiger partial charge on any atom is -0.497 e. The predicted molar refractivity (Wildman–Crippen MR) is 233 cm³/mol. The summed E-state index contributed by atoms with van der Waals surface area (Å²) in [5.41, 5.74) is -0.987. The molecule has 14 atom stereocenters. The molecular formula is C47H70FN3O11. The highest BCUT2D eigenvalue weighted by Gasteiger charge is 2.52. The van der Waals surface area contributed by atoms with Crippen LogP contribution in [0.1, 0.15) is 92.7 Å². The van der Waals surface area contributed by atoms with E-state index in [0.717, 1.165) is 5.56 Å². The number of esters is 2. The van der Waals surface area contributed by atoms with Crippen LogP contribution in [0.4, 0.5) is 4.39 Å². The lowest BCUT2D eigenvalue weighted by Gasteiger charge is -2.48. The molecule has 14 unspecified atom stereocenters. The van der Waals surface area contributed by atoms with Gasteiger partial charge in [-0.25, -0.2) is 4.39 Å². The molecule has 0 spiro atoms. The van der Waals surface area contributed by atoms with E-state index < -0.39 is 89.4 Å². The number of rotatable bonds is 11. The molecule has 0 radical (unpaired) electrons. The Balaban J connectivity index is 1.92. The summed E-state index contributed by atoms with van der Waals surface area (Å²) in [6, 6.07) is 12.5. The number of carbonyl (C=O) groups excluding carboxylic acids is 2. The maximum absolute atomic E-state index is 14.3. The standard InChI is InChI=1S/C47H70FN3O11/c1-14-37-47(9,56)42(54)28(4)39(50-49-31(7)33-17-21-35(57-12)22-18-33)26(2)25-46(8,58-13)43(62-45-40(53)36(51(10)11)23-27(3)59-45)29(5)41(30(6)44(55)60-37)61-38(52)24-32-15-19-34(48)20-16-32/h15-22,26-30,36-37,40-43,45,53-54,56H,14,23-25H2,1-13H3. The van der Waals surface area contributed by atoms with E-state index in [1.54, 1.807) is 34.8 Å². The highest BCUT2D eigenvalue weighted by molar-refractivity contribution is 5.99. The Morgan fingerprint density at radius 2 is 1.61 bits per heavy atom. The van der Waals surface area contributed by atoms with E-state index in [4.69, 9.17) is 33.5 Å². The van der Waals surface area contributed by atoms with E-state index in [-0.39, 0.29) is 31.4 Å². The smallest absolute Gasteiger partial charge is 0.312 e. The number of nitrogens with zero attached hydrogens (tertiary/aromatic N) is 3. The molecule has 0 saturated carbocycles. The summed E-state index contributed by atoms with van der Waals surface area (Å²) < 4.78 is 51.0. The molecule has 2 aromatic rings. The second kappa shape index (κ2) is 21.7. The number of halogens is 1. The lowest BCUT2D eigenvalue weighted by molar-refractivity contribution is -0.301. The second-order valence-corrected chi connectivity index (χ2v) is 17.9. The van der Waals surface area contributed by atoms with Crippen molar-refractivity contribution in [1.82, 2.24) is 4.90 Å². The molecule has 0 amide bonds. The molecule has 0 aliphatic carbocycles. The summed E-state index contributed by atoms with van der Waals surface area (Å²) in [7, 11) is 6.84. The Labute approximate surface area is 366 Å². The predicted octanol–water partition coefficient (Wildman–Crippen LogP) is 5.75. The number of aliphatic hydroxyl groups excluding tert-OH is 2. The average Bonchev–Trinajstić information content (AvgIpc) is 3.23. The van der Waals surface area contributed by atoms with Crippen molar-refractivity contribution in [2.24, 2.45) is 33.9 Å². The van der Waals surface area contributed by atoms with Gasteiger partial charge in [0.2, 0.25) is 0 Å². The summed E-state index contributed by atoms with van der Waals surface area (Å²) in [5, 5.41) is 45.3. The van der Waals surface area contributed by atoms with Crippen molar-refractivity contribution in [1.29, 1.82) is 0 Å². The molecule has 2 saturated heterocycles. The largest absolute Gasteiger partial charge is 0.497 e. The normalized spacial score (nSPS) is 36.2. The summed E-state index contributed by atoms with van der Waals surface area (Å²) in [4.78, 5) is 30.1. The van der Waals surface area contributed by atoms with Crippen LogP contribution in [0.2, 0.25) is 0 Å². The topological polar surface area (TPSA) is 178 Å². The molecule has 62 heavy (non-hydrogen) atoms. The molecular weight excluding hydrogens is 802 g/mol. The van der Waals surface area contributed by atoms with Gasteiger partial charge in [-0.3, -0.25) is 9.59 Å². The third-order valence-electron chi connectivity index (χ3n) is 12.9. The number of benzene rings is 2. The fourth-order valence-electron chi connectivity index (χ4n) is 8.97. The van der Waals surface area contributed by atoms with Gasteiger partial charge in [0.1, 0.15) is 35.5 Å². The maximum atomic E-state index is 14.3. The van der Waals surface area contributed by atoms with Gasteiger partial charge in [-0.05, 0) is 121 Å². The highest BCUT2D eigenvalue weighted by Crippen LogP contribution is 2.40. The Hall–Kier alpha value is -3.83. The Bertz CT molecular complexity index is 1840. The molecule has 2 heterocycles. The van der Waals surface area contributed by atoms with Gasteiger partial charge in [-0.15, -0.1) is 0 Å². The Morgan fingerprint density at radius 3 is 2.18 bits per heavy atom. The molecule has 2 aliphatic heterocycles. The minimum atomic E-state index is -1.98. The van der Waals surface area contributed by atoms with Gasteiger partial charge >= 0.3 is 11.9 Å². The summed E-state index contributed by atoms with van der Waals surface area (Å²) in [5.74, 6) is -4.61. The van der Waals surface area contributed by atoms with Crippen LogP contribution in [0, 0.1) is 29.5 Å². The monoisotopic (exact) mass is 871 g/mol. The molecule has 14 nitrogen and oxygen atoms in total. The van der Waals surface area contributed by atoms with Gasteiger partial charge in [-0.2, -0.15) is 10.2 Å². The number of carbonyl (C=O) groups is 2. The average molecular weight is 872 g/mol. The fourth-order valence-corrected chi connectivity index (χ4v) is 8.97. The first kappa shape index (κ1) is 50.8. The maximum Gasteiger partial charge on any atom is 0.312 e. The highest BCUT2D eigenvalue weighted by atomic mass is 19.1. The molecule has 3 N–H and O–H groups in total. The fraction of sp³-hybridized carbons (Fsp3) is 0.660. The number of hydrogen-bond donors (Lipinski definition) is 3. The number of hydrogen-bond acceptors (Lipinski definition) is 14. The van der Waals surface area contributed by atoms with Gasteiger partial charge < -0.3 is 48.6 Å². The van der Waals surface area contributed by atoms with Crippen LogP contribution in [0.5, 0.6) is 5.75 Å². The van der Waals surface area contributed by atoms with Crippen LogP contribution in [0.15, 0.2) is 58.7 Å². The number of methoxy groups -OCH3 is 2. The quantitative estimate of drug-likeness (QED) is 0.142. The van der Waals surface area contributed by atoms with Crippen molar-refractivity contribution in [3.63, 3.8) is 0 Å². The van der Waals surface area contributed by atoms with Crippen LogP contribution in [0.3, 0.4) is 0 Å². The Morgan fingerprint density at radius 1 is 0.984 bits per heavy atom. The second-order valence-electron chi connectivity index (χ2n) is 17.9. The van der Waals surface area contributed by atoms with Crippen molar-refractivity contribution in [3.05, 3.63) is 65.5 Å². The third-order valence-corrected chi connectivity index (χ3v) is 12.9. The number of ether oxygens (including phenoxy) is 6. The molecule has 15 heteroatoms. The van der Waals surface area contributed by atoms with Gasteiger partial charge in [-0.1, -0.05) is 39.8 Å². The van der Waals surface area contributed by atoms with Gasteiger partial charge in [0.25, 0.3) is 0 Å². The van der Waals surface area contributed by atoms with Gasteiger partial charge in [0.05, 0.1) is 49.1 Å². The first-order valence-electron chi connectivity index (χ1n) is 21.6. The van der Waals surface area contributed by atoms with Crippen LogP contribution < -0.4 is 4.74 Å². The van der Waals surface area contributed by atoms with Crippen LogP contribution >= 0.6 is 0 Å². The zero-order valence-corrected chi connectivity index (χ0v) is 38.7. The van der Waals surface area contributed by atoms with Crippen molar-refractivity contribution in [2.75, 3.05) is 28.3 Å². The summed E-state index contributed by atoms with van der Waals surface area (Å²) >= 11 is 0.